The maximum absolute atomic E-state index is 4.60. The van der Waals surface area contributed by atoms with Crippen molar-refractivity contribution < 1.29 is 0 Å². The maximum atomic E-state index is 4.60. The maximum Gasteiger partial charge on any atom is 0.133 e. The first kappa shape index (κ1) is 14.3. The van der Waals surface area contributed by atoms with Crippen LogP contribution in [0.4, 0.5) is 5.82 Å². The largest absolute Gasteiger partial charge is 0.355 e. The van der Waals surface area contributed by atoms with Gasteiger partial charge in [0, 0.05) is 37.4 Å². The van der Waals surface area contributed by atoms with E-state index in [9.17, 15) is 0 Å². The van der Waals surface area contributed by atoms with Gasteiger partial charge in [0.15, 0.2) is 0 Å². The zero-order chi connectivity index (χ0) is 13.7. The lowest BCUT2D eigenvalue weighted by molar-refractivity contribution is 0.315. The minimum absolute atomic E-state index is 0.651. The molecule has 2 heterocycles. The number of rotatable bonds is 6. The molecule has 0 spiro atoms. The van der Waals surface area contributed by atoms with Crippen LogP contribution in [-0.4, -0.2) is 49.7 Å². The molecule has 0 saturated carbocycles. The monoisotopic (exact) mass is 262 g/mol. The summed E-state index contributed by atoms with van der Waals surface area (Å²) in [7, 11) is 4.33. The summed E-state index contributed by atoms with van der Waals surface area (Å²) >= 11 is 0. The van der Waals surface area contributed by atoms with Gasteiger partial charge in [-0.2, -0.15) is 0 Å². The Morgan fingerprint density at radius 1 is 1.47 bits per heavy atom. The van der Waals surface area contributed by atoms with Crippen LogP contribution in [0.15, 0.2) is 18.3 Å². The molecule has 0 aliphatic carbocycles. The van der Waals surface area contributed by atoms with Crippen LogP contribution in [0, 0.1) is 0 Å². The minimum Gasteiger partial charge on any atom is -0.355 e. The third-order valence-corrected chi connectivity index (χ3v) is 3.80. The molecule has 4 nitrogen and oxygen atoms in total. The second kappa shape index (κ2) is 6.87. The summed E-state index contributed by atoms with van der Waals surface area (Å²) in [5.74, 6) is 1.16. The number of hydrogen-bond acceptors (Lipinski definition) is 4. The van der Waals surface area contributed by atoms with Gasteiger partial charge < -0.3 is 15.1 Å². The van der Waals surface area contributed by atoms with E-state index in [2.05, 4.69) is 47.2 Å². The van der Waals surface area contributed by atoms with E-state index in [1.807, 2.05) is 12.3 Å². The topological polar surface area (TPSA) is 31.4 Å². The summed E-state index contributed by atoms with van der Waals surface area (Å²) < 4.78 is 0. The van der Waals surface area contributed by atoms with Crippen LogP contribution < -0.4 is 10.2 Å². The van der Waals surface area contributed by atoms with Crippen LogP contribution in [0.3, 0.4) is 0 Å². The number of likely N-dealkylation sites (N-methyl/N-ethyl adjacent to an activating group) is 1. The Hall–Kier alpha value is -1.13. The van der Waals surface area contributed by atoms with Gasteiger partial charge in [-0.25, -0.2) is 4.98 Å². The average molecular weight is 262 g/mol. The number of hydrogen-bond donors (Lipinski definition) is 1. The first-order valence-corrected chi connectivity index (χ1v) is 7.28. The molecule has 1 aromatic rings. The summed E-state index contributed by atoms with van der Waals surface area (Å²) in [4.78, 5) is 9.34. The molecule has 0 aromatic carbocycles. The zero-order valence-electron chi connectivity index (χ0n) is 12.4. The molecule has 0 amide bonds. The van der Waals surface area contributed by atoms with Gasteiger partial charge >= 0.3 is 0 Å². The molecule has 1 aromatic heterocycles. The van der Waals surface area contributed by atoms with E-state index in [1.165, 1.54) is 18.4 Å². The second-order valence-corrected chi connectivity index (χ2v) is 5.52. The van der Waals surface area contributed by atoms with Crippen LogP contribution in [0.1, 0.15) is 25.3 Å². The van der Waals surface area contributed by atoms with E-state index < -0.39 is 0 Å². The molecule has 1 aliphatic heterocycles. The van der Waals surface area contributed by atoms with E-state index >= 15 is 0 Å². The van der Waals surface area contributed by atoms with Gasteiger partial charge in [-0.1, -0.05) is 13.0 Å². The predicted octanol–water partition coefficient (Wildman–Crippen LogP) is 1.72. The fourth-order valence-electron chi connectivity index (χ4n) is 2.61. The van der Waals surface area contributed by atoms with Gasteiger partial charge in [-0.05, 0) is 39.5 Å². The van der Waals surface area contributed by atoms with E-state index in [0.29, 0.717) is 6.04 Å². The Labute approximate surface area is 116 Å². The van der Waals surface area contributed by atoms with Crippen LogP contribution in [0.25, 0.3) is 0 Å². The normalized spacial score (nSPS) is 19.4. The highest BCUT2D eigenvalue weighted by molar-refractivity contribution is 5.47. The standard InChI is InChI=1S/C15H26N4/c1-4-8-16-11-13-6-5-9-17-15(13)19-10-7-14(12-19)18(2)3/h5-6,9,14,16H,4,7-8,10-12H2,1-3H3. The van der Waals surface area contributed by atoms with Crippen LogP contribution in [0.5, 0.6) is 0 Å². The Balaban J connectivity index is 2.03. The van der Waals surface area contributed by atoms with Crippen molar-refractivity contribution in [3.63, 3.8) is 0 Å². The quantitative estimate of drug-likeness (QED) is 0.791. The van der Waals surface area contributed by atoms with E-state index in [-0.39, 0.29) is 0 Å². The molecule has 1 saturated heterocycles. The number of nitrogens with zero attached hydrogens (tertiary/aromatic N) is 3. The molecule has 2 rings (SSSR count). The molecular weight excluding hydrogens is 236 g/mol. The van der Waals surface area contributed by atoms with Crippen molar-refractivity contribution >= 4 is 5.82 Å². The molecule has 1 atom stereocenters. The highest BCUT2D eigenvalue weighted by atomic mass is 15.3. The van der Waals surface area contributed by atoms with Gasteiger partial charge in [0.25, 0.3) is 0 Å². The second-order valence-electron chi connectivity index (χ2n) is 5.52. The van der Waals surface area contributed by atoms with E-state index in [1.54, 1.807) is 0 Å². The highest BCUT2D eigenvalue weighted by Gasteiger charge is 2.25. The minimum atomic E-state index is 0.651. The smallest absolute Gasteiger partial charge is 0.133 e. The van der Waals surface area contributed by atoms with Crippen molar-refractivity contribution in [2.24, 2.45) is 0 Å². The molecule has 19 heavy (non-hydrogen) atoms. The van der Waals surface area contributed by atoms with Crippen LogP contribution >= 0.6 is 0 Å². The molecule has 4 heteroatoms. The Morgan fingerprint density at radius 2 is 2.32 bits per heavy atom. The predicted molar refractivity (Wildman–Crippen MR) is 80.5 cm³/mol. The molecule has 0 radical (unpaired) electrons. The fraction of sp³-hybridized carbons (Fsp3) is 0.667. The molecule has 1 N–H and O–H groups in total. The SMILES string of the molecule is CCCNCc1cccnc1N1CCC(N(C)C)C1. The van der Waals surface area contributed by atoms with Crippen molar-refractivity contribution in [3.8, 4) is 0 Å². The molecule has 1 fully saturated rings. The third kappa shape index (κ3) is 3.67. The van der Waals surface area contributed by atoms with Gasteiger partial charge in [-0.3, -0.25) is 0 Å². The van der Waals surface area contributed by atoms with Gasteiger partial charge in [0.1, 0.15) is 5.82 Å². The summed E-state index contributed by atoms with van der Waals surface area (Å²) in [6.07, 6.45) is 4.30. The van der Waals surface area contributed by atoms with E-state index in [4.69, 9.17) is 0 Å². The summed E-state index contributed by atoms with van der Waals surface area (Å²) in [6, 6.07) is 4.87. The number of nitrogens with one attached hydrogen (secondary N) is 1. The summed E-state index contributed by atoms with van der Waals surface area (Å²) in [6.45, 7) is 6.37. The lowest BCUT2D eigenvalue weighted by Crippen LogP contribution is -2.32. The number of pyridine rings is 1. The molecular formula is C15H26N4. The van der Waals surface area contributed by atoms with Crippen LogP contribution in [0.2, 0.25) is 0 Å². The van der Waals surface area contributed by atoms with Crippen molar-refractivity contribution in [1.29, 1.82) is 0 Å². The average Bonchev–Trinajstić information content (AvgIpc) is 2.89. The Morgan fingerprint density at radius 3 is 3.00 bits per heavy atom. The first-order valence-electron chi connectivity index (χ1n) is 7.28. The summed E-state index contributed by atoms with van der Waals surface area (Å²) in [5.41, 5.74) is 1.32. The van der Waals surface area contributed by atoms with Crippen molar-refractivity contribution in [2.45, 2.75) is 32.4 Å². The lowest BCUT2D eigenvalue weighted by atomic mass is 10.2. The Bertz CT molecular complexity index is 391. The molecule has 1 unspecified atom stereocenters. The third-order valence-electron chi connectivity index (χ3n) is 3.80. The summed E-state index contributed by atoms with van der Waals surface area (Å²) in [5, 5.41) is 3.47. The van der Waals surface area contributed by atoms with Crippen molar-refractivity contribution in [3.05, 3.63) is 23.9 Å². The van der Waals surface area contributed by atoms with Crippen LogP contribution in [-0.2, 0) is 6.54 Å². The number of anilines is 1. The first-order chi connectivity index (χ1) is 9.22. The fourth-order valence-corrected chi connectivity index (χ4v) is 2.61. The lowest BCUT2D eigenvalue weighted by Gasteiger charge is -2.23. The molecule has 1 aliphatic rings. The van der Waals surface area contributed by atoms with E-state index in [0.717, 1.165) is 32.0 Å². The zero-order valence-corrected chi connectivity index (χ0v) is 12.4. The van der Waals surface area contributed by atoms with Gasteiger partial charge in [-0.15, -0.1) is 0 Å². The van der Waals surface area contributed by atoms with Gasteiger partial charge in [0.05, 0.1) is 0 Å². The highest BCUT2D eigenvalue weighted by Crippen LogP contribution is 2.23. The molecule has 0 bridgehead atoms. The van der Waals surface area contributed by atoms with Gasteiger partial charge in [0.2, 0.25) is 0 Å². The van der Waals surface area contributed by atoms with Crippen molar-refractivity contribution in [2.75, 3.05) is 38.6 Å². The molecule has 106 valence electrons. The Kier molecular flexibility index (Phi) is 5.16. The number of aromatic nitrogens is 1. The van der Waals surface area contributed by atoms with Crippen molar-refractivity contribution in [1.82, 2.24) is 15.2 Å².